The second-order valence-corrected chi connectivity index (χ2v) is 5.19. The molecule has 0 bridgehead atoms. The number of carbonyl (C=O) groups is 2. The lowest BCUT2D eigenvalue weighted by atomic mass is 10.0. The zero-order valence-corrected chi connectivity index (χ0v) is 12.4. The van der Waals surface area contributed by atoms with E-state index in [-0.39, 0.29) is 0 Å². The summed E-state index contributed by atoms with van der Waals surface area (Å²) in [6.45, 7) is 2.20. The molecule has 0 saturated heterocycles. The molecule has 0 aromatic heterocycles. The van der Waals surface area contributed by atoms with Crippen molar-refractivity contribution in [2.45, 2.75) is 71.1 Å². The van der Waals surface area contributed by atoms with Crippen molar-refractivity contribution in [3.63, 3.8) is 0 Å². The summed E-state index contributed by atoms with van der Waals surface area (Å²) in [4.78, 5) is 21.0. The Labute approximate surface area is 121 Å². The molecule has 0 aromatic carbocycles. The van der Waals surface area contributed by atoms with Crippen LogP contribution in [0.4, 0.5) is 0 Å². The number of rotatable bonds is 13. The smallest absolute Gasteiger partial charge is 0.0486 e. The standard InChI is InChI=1S/C16H28O4/c1-2-3-4-5-6-7-8-9-10-11-12-14(16(19)20)13-15(17)18/h11-12,14H,2-10,13H2,1H3,(H,17,18)(H,19,20)/p-2/b12-11+. The van der Waals surface area contributed by atoms with Gasteiger partial charge in [0.1, 0.15) is 0 Å². The van der Waals surface area contributed by atoms with E-state index in [0.29, 0.717) is 0 Å². The van der Waals surface area contributed by atoms with Crippen LogP contribution in [-0.4, -0.2) is 11.9 Å². The number of unbranched alkanes of at least 4 members (excludes halogenated alkanes) is 8. The highest BCUT2D eigenvalue weighted by Crippen LogP contribution is 2.10. The van der Waals surface area contributed by atoms with Crippen molar-refractivity contribution < 1.29 is 19.8 Å². The van der Waals surface area contributed by atoms with Gasteiger partial charge in [-0.2, -0.15) is 0 Å². The molecule has 0 aliphatic carbocycles. The minimum atomic E-state index is -1.36. The van der Waals surface area contributed by atoms with E-state index in [1.54, 1.807) is 6.08 Å². The quantitative estimate of drug-likeness (QED) is 0.379. The van der Waals surface area contributed by atoms with Gasteiger partial charge in [0.2, 0.25) is 0 Å². The van der Waals surface area contributed by atoms with Crippen molar-refractivity contribution in [2.75, 3.05) is 0 Å². The van der Waals surface area contributed by atoms with Crippen LogP contribution in [0.5, 0.6) is 0 Å². The van der Waals surface area contributed by atoms with E-state index in [0.717, 1.165) is 19.3 Å². The van der Waals surface area contributed by atoms with Crippen LogP contribution in [0.15, 0.2) is 12.2 Å². The minimum absolute atomic E-state index is 0.518. The van der Waals surface area contributed by atoms with Crippen molar-refractivity contribution in [2.24, 2.45) is 5.92 Å². The minimum Gasteiger partial charge on any atom is -0.550 e. The summed E-state index contributed by atoms with van der Waals surface area (Å²) in [5.74, 6) is -3.80. The Balaban J connectivity index is 3.58. The van der Waals surface area contributed by atoms with Gasteiger partial charge in [0, 0.05) is 17.9 Å². The fraction of sp³-hybridized carbons (Fsp3) is 0.750. The lowest BCUT2D eigenvalue weighted by molar-refractivity contribution is -0.318. The highest BCUT2D eigenvalue weighted by atomic mass is 16.4. The summed E-state index contributed by atoms with van der Waals surface area (Å²) >= 11 is 0. The van der Waals surface area contributed by atoms with Crippen molar-refractivity contribution in [3.8, 4) is 0 Å². The Morgan fingerprint density at radius 2 is 1.50 bits per heavy atom. The van der Waals surface area contributed by atoms with Crippen molar-refractivity contribution in [3.05, 3.63) is 12.2 Å². The fourth-order valence-electron chi connectivity index (χ4n) is 2.07. The summed E-state index contributed by atoms with van der Waals surface area (Å²) < 4.78 is 0. The molecule has 1 atom stereocenters. The molecule has 0 heterocycles. The van der Waals surface area contributed by atoms with Gasteiger partial charge in [0.15, 0.2) is 0 Å². The monoisotopic (exact) mass is 282 g/mol. The summed E-state index contributed by atoms with van der Waals surface area (Å²) in [5.41, 5.74) is 0. The van der Waals surface area contributed by atoms with Gasteiger partial charge < -0.3 is 19.8 Å². The second kappa shape index (κ2) is 12.7. The third kappa shape index (κ3) is 11.8. The molecule has 1 unspecified atom stereocenters. The molecule has 0 aromatic rings. The Morgan fingerprint density at radius 1 is 0.950 bits per heavy atom. The predicted octanol–water partition coefficient (Wildman–Crippen LogP) is 1.58. The molecule has 0 radical (unpaired) electrons. The van der Waals surface area contributed by atoms with Crippen molar-refractivity contribution in [1.29, 1.82) is 0 Å². The normalized spacial score (nSPS) is 12.7. The fourth-order valence-corrected chi connectivity index (χ4v) is 2.07. The van der Waals surface area contributed by atoms with Gasteiger partial charge in [0.25, 0.3) is 0 Å². The van der Waals surface area contributed by atoms with Crippen LogP contribution >= 0.6 is 0 Å². The van der Waals surface area contributed by atoms with Crippen LogP contribution in [0.1, 0.15) is 71.1 Å². The lowest BCUT2D eigenvalue weighted by Gasteiger charge is -2.14. The first-order chi connectivity index (χ1) is 9.57. The van der Waals surface area contributed by atoms with Crippen LogP contribution < -0.4 is 10.2 Å². The van der Waals surface area contributed by atoms with Crippen LogP contribution in [0.25, 0.3) is 0 Å². The molecule has 4 nitrogen and oxygen atoms in total. The molecule has 4 heteroatoms. The topological polar surface area (TPSA) is 80.3 Å². The van der Waals surface area contributed by atoms with E-state index >= 15 is 0 Å². The summed E-state index contributed by atoms with van der Waals surface area (Å²) in [6.07, 6.45) is 13.2. The molecule has 20 heavy (non-hydrogen) atoms. The first kappa shape index (κ1) is 18.7. The average Bonchev–Trinajstić information content (AvgIpc) is 2.39. The summed E-state index contributed by atoms with van der Waals surface area (Å²) in [7, 11) is 0. The molecule has 116 valence electrons. The van der Waals surface area contributed by atoms with Gasteiger partial charge >= 0.3 is 0 Å². The van der Waals surface area contributed by atoms with Crippen molar-refractivity contribution >= 4 is 11.9 Å². The van der Waals surface area contributed by atoms with Gasteiger partial charge in [-0.15, -0.1) is 0 Å². The van der Waals surface area contributed by atoms with Crippen molar-refractivity contribution in [1.82, 2.24) is 0 Å². The van der Waals surface area contributed by atoms with E-state index in [2.05, 4.69) is 6.92 Å². The maximum atomic E-state index is 10.7. The molecular weight excluding hydrogens is 256 g/mol. The highest BCUT2D eigenvalue weighted by Gasteiger charge is 2.05. The average molecular weight is 282 g/mol. The van der Waals surface area contributed by atoms with E-state index in [9.17, 15) is 19.8 Å². The Morgan fingerprint density at radius 3 is 2.00 bits per heavy atom. The molecule has 0 fully saturated rings. The number of carboxylic acid groups (broad SMARTS) is 2. The Hall–Kier alpha value is -1.32. The number of carboxylic acids is 2. The zero-order valence-electron chi connectivity index (χ0n) is 12.4. The number of aliphatic carboxylic acids is 2. The van der Waals surface area contributed by atoms with Crippen LogP contribution in [0, 0.1) is 5.92 Å². The van der Waals surface area contributed by atoms with Gasteiger partial charge in [-0.1, -0.05) is 64.0 Å². The predicted molar refractivity (Wildman–Crippen MR) is 74.5 cm³/mol. The van der Waals surface area contributed by atoms with Crippen LogP contribution in [0.3, 0.4) is 0 Å². The van der Waals surface area contributed by atoms with Gasteiger partial charge in [-0.05, 0) is 19.3 Å². The lowest BCUT2D eigenvalue weighted by Crippen LogP contribution is -2.35. The van der Waals surface area contributed by atoms with Gasteiger partial charge in [0.05, 0.1) is 0 Å². The maximum Gasteiger partial charge on any atom is 0.0486 e. The third-order valence-electron chi connectivity index (χ3n) is 3.28. The molecule has 0 aliphatic rings. The highest BCUT2D eigenvalue weighted by molar-refractivity contribution is 5.77. The van der Waals surface area contributed by atoms with Crippen LogP contribution in [0.2, 0.25) is 0 Å². The molecule has 0 N–H and O–H groups in total. The largest absolute Gasteiger partial charge is 0.550 e. The summed E-state index contributed by atoms with van der Waals surface area (Å²) in [5, 5.41) is 21.0. The number of hydrogen-bond donors (Lipinski definition) is 0. The Bertz CT molecular complexity index is 297. The van der Waals surface area contributed by atoms with E-state index in [1.807, 2.05) is 0 Å². The zero-order chi connectivity index (χ0) is 15.2. The van der Waals surface area contributed by atoms with E-state index in [1.165, 1.54) is 44.6 Å². The molecule has 0 rings (SSSR count). The van der Waals surface area contributed by atoms with E-state index < -0.39 is 24.3 Å². The molecule has 0 amide bonds. The van der Waals surface area contributed by atoms with Gasteiger partial charge in [-0.25, -0.2) is 0 Å². The number of allylic oxidation sites excluding steroid dienone is 1. The second-order valence-electron chi connectivity index (χ2n) is 5.19. The first-order valence-corrected chi connectivity index (χ1v) is 7.65. The molecular formula is C16H26O4-2. The molecule has 0 aliphatic heterocycles. The first-order valence-electron chi connectivity index (χ1n) is 7.65. The van der Waals surface area contributed by atoms with E-state index in [4.69, 9.17) is 0 Å². The SMILES string of the molecule is CCCCCCCCCC/C=C/C(CC(=O)[O-])C(=O)[O-]. The number of carbonyl (C=O) groups excluding carboxylic acids is 2. The molecule has 0 spiro atoms. The molecule has 0 saturated carbocycles. The summed E-state index contributed by atoms with van der Waals surface area (Å²) in [6, 6.07) is 0. The third-order valence-corrected chi connectivity index (χ3v) is 3.28. The maximum absolute atomic E-state index is 10.7. The Kier molecular flexibility index (Phi) is 11.9. The number of hydrogen-bond acceptors (Lipinski definition) is 4. The van der Waals surface area contributed by atoms with Crippen LogP contribution in [-0.2, 0) is 9.59 Å². The van der Waals surface area contributed by atoms with Gasteiger partial charge in [-0.3, -0.25) is 0 Å².